The van der Waals surface area contributed by atoms with Crippen molar-refractivity contribution in [2.45, 2.75) is 46.2 Å². The number of hydrogen-bond acceptors (Lipinski definition) is 2. The van der Waals surface area contributed by atoms with Crippen molar-refractivity contribution in [3.05, 3.63) is 82.0 Å². The standard InChI is InChI=1S/C25H26N2O3/c1-4-6-9-21-17-26(18(3)5-2)25(30)27(21)16-19-12-14-20(15-13-19)22-10-7-8-11-23(22)24(28)29/h7-8,10-15,17-18H,5,9,16H2,1-3H3,(H,28,29). The van der Waals surface area contributed by atoms with E-state index in [4.69, 9.17) is 0 Å². The van der Waals surface area contributed by atoms with Crippen LogP contribution in [-0.4, -0.2) is 20.2 Å². The van der Waals surface area contributed by atoms with E-state index in [1.165, 1.54) is 0 Å². The highest BCUT2D eigenvalue weighted by atomic mass is 16.4. The molecule has 1 unspecified atom stereocenters. The van der Waals surface area contributed by atoms with Crippen LogP contribution in [0.1, 0.15) is 54.8 Å². The van der Waals surface area contributed by atoms with Gasteiger partial charge in [-0.2, -0.15) is 0 Å². The Bertz CT molecular complexity index is 1160. The molecule has 1 aromatic heterocycles. The van der Waals surface area contributed by atoms with Crippen LogP contribution in [0.5, 0.6) is 0 Å². The van der Waals surface area contributed by atoms with Crippen LogP contribution >= 0.6 is 0 Å². The van der Waals surface area contributed by atoms with Gasteiger partial charge in [0.2, 0.25) is 0 Å². The minimum absolute atomic E-state index is 0.0300. The van der Waals surface area contributed by atoms with Crippen molar-refractivity contribution in [3.8, 4) is 23.0 Å². The second-order valence-corrected chi connectivity index (χ2v) is 7.30. The minimum atomic E-state index is -0.950. The predicted octanol–water partition coefficient (Wildman–Crippen LogP) is 4.60. The van der Waals surface area contributed by atoms with Crippen molar-refractivity contribution >= 4 is 5.97 Å². The highest BCUT2D eigenvalue weighted by Crippen LogP contribution is 2.24. The van der Waals surface area contributed by atoms with Crippen molar-refractivity contribution in [2.24, 2.45) is 0 Å². The van der Waals surface area contributed by atoms with Crippen LogP contribution in [0.25, 0.3) is 11.1 Å². The molecule has 0 aliphatic heterocycles. The smallest absolute Gasteiger partial charge is 0.336 e. The van der Waals surface area contributed by atoms with Gasteiger partial charge in [0.05, 0.1) is 24.2 Å². The van der Waals surface area contributed by atoms with E-state index in [0.717, 1.165) is 23.2 Å². The number of aromatic carboxylic acids is 1. The summed E-state index contributed by atoms with van der Waals surface area (Å²) < 4.78 is 3.56. The third-order valence-electron chi connectivity index (χ3n) is 5.36. The normalized spacial score (nSPS) is 11.6. The van der Waals surface area contributed by atoms with Crippen LogP contribution in [0.15, 0.2) is 59.5 Å². The fourth-order valence-corrected chi connectivity index (χ4v) is 3.44. The van der Waals surface area contributed by atoms with E-state index in [0.29, 0.717) is 18.5 Å². The second-order valence-electron chi connectivity index (χ2n) is 7.30. The number of nitrogens with zero attached hydrogens (tertiary/aromatic N) is 2. The van der Waals surface area contributed by atoms with Crippen molar-refractivity contribution < 1.29 is 9.90 Å². The highest BCUT2D eigenvalue weighted by molar-refractivity contribution is 5.95. The maximum Gasteiger partial charge on any atom is 0.336 e. The van der Waals surface area contributed by atoms with Gasteiger partial charge in [-0.1, -0.05) is 55.3 Å². The zero-order valence-electron chi connectivity index (χ0n) is 17.6. The molecule has 154 valence electrons. The molecule has 0 aliphatic rings. The maximum absolute atomic E-state index is 13.0. The van der Waals surface area contributed by atoms with Crippen LogP contribution in [0, 0.1) is 11.8 Å². The Hall–Kier alpha value is -3.52. The Morgan fingerprint density at radius 1 is 1.13 bits per heavy atom. The molecule has 2 aromatic carbocycles. The average Bonchev–Trinajstić information content (AvgIpc) is 3.07. The van der Waals surface area contributed by atoms with Gasteiger partial charge in [0.1, 0.15) is 0 Å². The molecule has 0 aliphatic carbocycles. The van der Waals surface area contributed by atoms with Gasteiger partial charge < -0.3 is 5.11 Å². The van der Waals surface area contributed by atoms with Crippen LogP contribution in [0.3, 0.4) is 0 Å². The summed E-state index contributed by atoms with van der Waals surface area (Å²) >= 11 is 0. The van der Waals surface area contributed by atoms with Crippen LogP contribution < -0.4 is 5.69 Å². The quantitative estimate of drug-likeness (QED) is 0.588. The van der Waals surface area contributed by atoms with Gasteiger partial charge in [-0.3, -0.25) is 9.13 Å². The van der Waals surface area contributed by atoms with Crippen LogP contribution in [0.2, 0.25) is 0 Å². The number of imidazole rings is 1. The molecule has 1 heterocycles. The second kappa shape index (κ2) is 9.32. The van der Waals surface area contributed by atoms with Gasteiger partial charge in [0, 0.05) is 12.2 Å². The summed E-state index contributed by atoms with van der Waals surface area (Å²) in [6.07, 6.45) is 3.32. The third-order valence-corrected chi connectivity index (χ3v) is 5.36. The number of carboxylic acid groups (broad SMARTS) is 1. The number of carboxylic acids is 1. The number of hydrogen-bond donors (Lipinski definition) is 1. The van der Waals surface area contributed by atoms with Crippen LogP contribution in [-0.2, 0) is 13.0 Å². The third kappa shape index (κ3) is 4.38. The zero-order valence-corrected chi connectivity index (χ0v) is 17.6. The molecule has 5 heteroatoms. The zero-order chi connectivity index (χ0) is 21.7. The van der Waals surface area contributed by atoms with E-state index in [9.17, 15) is 14.7 Å². The molecule has 0 spiro atoms. The van der Waals surface area contributed by atoms with E-state index < -0.39 is 5.97 Å². The molecule has 0 amide bonds. The van der Waals surface area contributed by atoms with E-state index in [1.807, 2.05) is 43.5 Å². The Morgan fingerprint density at radius 3 is 2.47 bits per heavy atom. The number of benzene rings is 2. The van der Waals surface area contributed by atoms with E-state index in [-0.39, 0.29) is 17.3 Å². The van der Waals surface area contributed by atoms with Gasteiger partial charge >= 0.3 is 11.7 Å². The first kappa shape index (κ1) is 21.2. The van der Waals surface area contributed by atoms with Gasteiger partial charge in [-0.05, 0) is 43.0 Å². The highest BCUT2D eigenvalue weighted by Gasteiger charge is 2.15. The summed E-state index contributed by atoms with van der Waals surface area (Å²) in [4.78, 5) is 24.5. The first-order chi connectivity index (χ1) is 14.5. The summed E-state index contributed by atoms with van der Waals surface area (Å²) in [5.41, 5.74) is 3.62. The molecule has 1 N–H and O–H groups in total. The lowest BCUT2D eigenvalue weighted by Crippen LogP contribution is -2.27. The van der Waals surface area contributed by atoms with Crippen molar-refractivity contribution in [1.29, 1.82) is 0 Å². The SMILES string of the molecule is CC#CCc1cn(C(C)CC)c(=O)n1Cc1ccc(-c2ccccc2C(=O)O)cc1. The first-order valence-corrected chi connectivity index (χ1v) is 10.1. The molecular formula is C25H26N2O3. The summed E-state index contributed by atoms with van der Waals surface area (Å²) in [5, 5.41) is 9.42. The van der Waals surface area contributed by atoms with Gasteiger partial charge in [0.25, 0.3) is 0 Å². The van der Waals surface area contributed by atoms with Crippen molar-refractivity contribution in [3.63, 3.8) is 0 Å². The van der Waals surface area contributed by atoms with Gasteiger partial charge in [0.15, 0.2) is 0 Å². The molecule has 0 saturated carbocycles. The summed E-state index contributed by atoms with van der Waals surface area (Å²) in [6.45, 7) is 6.34. The monoisotopic (exact) mass is 402 g/mol. The summed E-state index contributed by atoms with van der Waals surface area (Å²) in [5.74, 6) is 5.00. The fraction of sp³-hybridized carbons (Fsp3) is 0.280. The Balaban J connectivity index is 1.94. The number of rotatable bonds is 7. The maximum atomic E-state index is 13.0. The van der Waals surface area contributed by atoms with E-state index in [1.54, 1.807) is 34.3 Å². The summed E-state index contributed by atoms with van der Waals surface area (Å²) in [6, 6.07) is 14.8. The molecule has 3 rings (SSSR count). The average molecular weight is 402 g/mol. The molecule has 1 atom stereocenters. The van der Waals surface area contributed by atoms with E-state index in [2.05, 4.69) is 18.8 Å². The first-order valence-electron chi connectivity index (χ1n) is 10.1. The van der Waals surface area contributed by atoms with Crippen LogP contribution in [0.4, 0.5) is 0 Å². The van der Waals surface area contributed by atoms with Crippen molar-refractivity contribution in [1.82, 2.24) is 9.13 Å². The van der Waals surface area contributed by atoms with E-state index >= 15 is 0 Å². The lowest BCUT2D eigenvalue weighted by atomic mass is 9.99. The number of carbonyl (C=O) groups is 1. The lowest BCUT2D eigenvalue weighted by molar-refractivity contribution is 0.0697. The largest absolute Gasteiger partial charge is 0.478 e. The number of aromatic nitrogens is 2. The lowest BCUT2D eigenvalue weighted by Gasteiger charge is -2.10. The molecule has 0 fully saturated rings. The van der Waals surface area contributed by atoms with Crippen molar-refractivity contribution in [2.75, 3.05) is 0 Å². The predicted molar refractivity (Wildman–Crippen MR) is 119 cm³/mol. The molecule has 0 saturated heterocycles. The Morgan fingerprint density at radius 2 is 1.83 bits per heavy atom. The molecule has 0 radical (unpaired) electrons. The molecular weight excluding hydrogens is 376 g/mol. The molecule has 30 heavy (non-hydrogen) atoms. The minimum Gasteiger partial charge on any atom is -0.478 e. The molecule has 5 nitrogen and oxygen atoms in total. The topological polar surface area (TPSA) is 64.2 Å². The Labute approximate surface area is 176 Å². The molecule has 0 bridgehead atoms. The molecule has 3 aromatic rings. The Kier molecular flexibility index (Phi) is 6.58. The van der Waals surface area contributed by atoms with Gasteiger partial charge in [-0.25, -0.2) is 9.59 Å². The van der Waals surface area contributed by atoms with Gasteiger partial charge in [-0.15, -0.1) is 5.92 Å². The fourth-order valence-electron chi connectivity index (χ4n) is 3.44. The summed E-state index contributed by atoms with van der Waals surface area (Å²) in [7, 11) is 0.